The minimum atomic E-state index is -0.622. The Balaban J connectivity index is 2.52. The van der Waals surface area contributed by atoms with Crippen molar-refractivity contribution in [2.45, 2.75) is 25.1 Å². The first-order valence-corrected chi connectivity index (χ1v) is 7.87. The van der Waals surface area contributed by atoms with Crippen molar-refractivity contribution in [3.05, 3.63) is 35.4 Å². The molecule has 0 spiro atoms. The van der Waals surface area contributed by atoms with E-state index in [-0.39, 0.29) is 18.4 Å². The van der Waals surface area contributed by atoms with Crippen molar-refractivity contribution in [3.63, 3.8) is 0 Å². The second kappa shape index (κ2) is 9.41. The predicted octanol–water partition coefficient (Wildman–Crippen LogP) is 1.53. The fourth-order valence-electron chi connectivity index (χ4n) is 1.71. The number of hydrogen-bond donors (Lipinski definition) is 1. The molecule has 1 unspecified atom stereocenters. The van der Waals surface area contributed by atoms with Gasteiger partial charge in [0.2, 0.25) is 0 Å². The van der Waals surface area contributed by atoms with E-state index in [1.807, 2.05) is 24.3 Å². The number of methoxy groups -OCH3 is 1. The summed E-state index contributed by atoms with van der Waals surface area (Å²) in [5.74, 6) is 0.509. The lowest BCUT2D eigenvalue weighted by molar-refractivity contribution is -0.144. The smallest absolute Gasteiger partial charge is 0.323 e. The Kier molecular flexibility index (Phi) is 7.85. The molecule has 2 N–H and O–H groups in total. The molecule has 0 aliphatic carbocycles. The number of carbonyl (C=O) groups is 2. The molecule has 5 nitrogen and oxygen atoms in total. The summed E-state index contributed by atoms with van der Waals surface area (Å²) in [7, 11) is 1.37. The molecule has 0 aliphatic rings. The molecular formula is C15H21NO4S. The summed E-state index contributed by atoms with van der Waals surface area (Å²) in [4.78, 5) is 22.8. The molecule has 0 amide bonds. The Morgan fingerprint density at radius 3 is 2.57 bits per heavy atom. The third-order valence-corrected chi connectivity index (χ3v) is 3.94. The van der Waals surface area contributed by atoms with E-state index in [0.29, 0.717) is 18.1 Å². The molecule has 0 bridgehead atoms. The molecule has 1 aromatic carbocycles. The van der Waals surface area contributed by atoms with Gasteiger partial charge in [0.25, 0.3) is 0 Å². The maximum absolute atomic E-state index is 11.4. The van der Waals surface area contributed by atoms with Crippen molar-refractivity contribution >= 4 is 23.7 Å². The molecular weight excluding hydrogens is 290 g/mol. The monoisotopic (exact) mass is 311 g/mol. The number of carbonyl (C=O) groups excluding carboxylic acids is 2. The summed E-state index contributed by atoms with van der Waals surface area (Å²) in [6.45, 7) is 2.08. The molecule has 0 radical (unpaired) electrons. The average molecular weight is 311 g/mol. The van der Waals surface area contributed by atoms with Crippen molar-refractivity contribution < 1.29 is 19.1 Å². The number of ether oxygens (including phenoxy) is 2. The van der Waals surface area contributed by atoms with Gasteiger partial charge in [-0.1, -0.05) is 24.3 Å². The second-order valence-corrected chi connectivity index (χ2v) is 5.43. The number of benzene rings is 1. The van der Waals surface area contributed by atoms with E-state index in [0.717, 1.165) is 11.1 Å². The molecule has 0 saturated heterocycles. The van der Waals surface area contributed by atoms with Crippen LogP contribution in [-0.4, -0.2) is 37.4 Å². The molecule has 0 aliphatic heterocycles. The van der Waals surface area contributed by atoms with Gasteiger partial charge in [-0.2, -0.15) is 11.8 Å². The van der Waals surface area contributed by atoms with Gasteiger partial charge >= 0.3 is 11.9 Å². The van der Waals surface area contributed by atoms with E-state index < -0.39 is 6.04 Å². The van der Waals surface area contributed by atoms with E-state index in [1.54, 1.807) is 6.92 Å². The van der Waals surface area contributed by atoms with Crippen molar-refractivity contribution in [1.29, 1.82) is 0 Å². The number of thioether (sulfide) groups is 1. The standard InChI is InChI=1S/C15H21NO4S/c1-3-20-15(18)13(16)10-21-9-12-7-5-4-6-11(12)8-14(17)19-2/h4-7,13H,3,8-10,16H2,1-2H3. The van der Waals surface area contributed by atoms with E-state index in [1.165, 1.54) is 18.9 Å². The number of rotatable bonds is 8. The normalized spacial score (nSPS) is 11.8. The van der Waals surface area contributed by atoms with E-state index in [2.05, 4.69) is 4.74 Å². The zero-order chi connectivity index (χ0) is 15.7. The number of hydrogen-bond acceptors (Lipinski definition) is 6. The van der Waals surface area contributed by atoms with Gasteiger partial charge in [0, 0.05) is 11.5 Å². The van der Waals surface area contributed by atoms with Gasteiger partial charge in [-0.05, 0) is 18.1 Å². The summed E-state index contributed by atoms with van der Waals surface area (Å²) in [6, 6.07) is 7.04. The van der Waals surface area contributed by atoms with Gasteiger partial charge in [0.05, 0.1) is 20.1 Å². The van der Waals surface area contributed by atoms with Gasteiger partial charge in [-0.15, -0.1) is 0 Å². The lowest BCUT2D eigenvalue weighted by atomic mass is 10.1. The molecule has 1 aromatic rings. The van der Waals surface area contributed by atoms with Crippen molar-refractivity contribution in [2.75, 3.05) is 19.5 Å². The van der Waals surface area contributed by atoms with Gasteiger partial charge in [-0.3, -0.25) is 9.59 Å². The Bertz CT molecular complexity index is 478. The Morgan fingerprint density at radius 1 is 1.29 bits per heavy atom. The van der Waals surface area contributed by atoms with Crippen LogP contribution in [0.25, 0.3) is 0 Å². The topological polar surface area (TPSA) is 78.6 Å². The largest absolute Gasteiger partial charge is 0.469 e. The predicted molar refractivity (Wildman–Crippen MR) is 82.9 cm³/mol. The number of nitrogens with two attached hydrogens (primary N) is 1. The van der Waals surface area contributed by atoms with Gasteiger partial charge < -0.3 is 15.2 Å². The van der Waals surface area contributed by atoms with Gasteiger partial charge in [-0.25, -0.2) is 0 Å². The Labute approximate surface area is 129 Å². The Morgan fingerprint density at radius 2 is 1.95 bits per heavy atom. The quantitative estimate of drug-likeness (QED) is 0.734. The maximum Gasteiger partial charge on any atom is 0.323 e. The minimum Gasteiger partial charge on any atom is -0.469 e. The summed E-state index contributed by atoms with van der Waals surface area (Å²) in [5, 5.41) is 0. The molecule has 21 heavy (non-hydrogen) atoms. The van der Waals surface area contributed by atoms with Crippen LogP contribution in [0.4, 0.5) is 0 Å². The fraction of sp³-hybridized carbons (Fsp3) is 0.467. The van der Waals surface area contributed by atoms with E-state index in [9.17, 15) is 9.59 Å². The highest BCUT2D eigenvalue weighted by Crippen LogP contribution is 2.18. The lowest BCUT2D eigenvalue weighted by Crippen LogP contribution is -2.34. The fourth-order valence-corrected chi connectivity index (χ4v) is 2.72. The Hall–Kier alpha value is -1.53. The first-order chi connectivity index (χ1) is 10.1. The van der Waals surface area contributed by atoms with Crippen LogP contribution in [0.15, 0.2) is 24.3 Å². The molecule has 0 aromatic heterocycles. The highest BCUT2D eigenvalue weighted by Gasteiger charge is 2.15. The third-order valence-electron chi connectivity index (χ3n) is 2.83. The highest BCUT2D eigenvalue weighted by atomic mass is 32.2. The van der Waals surface area contributed by atoms with E-state index in [4.69, 9.17) is 10.5 Å². The zero-order valence-corrected chi connectivity index (χ0v) is 13.2. The summed E-state index contributed by atoms with van der Waals surface area (Å²) in [6.07, 6.45) is 0.247. The molecule has 0 heterocycles. The minimum absolute atomic E-state index is 0.247. The lowest BCUT2D eigenvalue weighted by Gasteiger charge is -2.11. The van der Waals surface area contributed by atoms with Gasteiger partial charge in [0.15, 0.2) is 0 Å². The molecule has 6 heteroatoms. The molecule has 1 rings (SSSR count). The average Bonchev–Trinajstić information content (AvgIpc) is 2.48. The molecule has 1 atom stereocenters. The van der Waals surface area contributed by atoms with Crippen molar-refractivity contribution in [3.8, 4) is 0 Å². The van der Waals surface area contributed by atoms with Crippen molar-refractivity contribution in [1.82, 2.24) is 0 Å². The molecule has 116 valence electrons. The van der Waals surface area contributed by atoms with Crippen LogP contribution in [0.2, 0.25) is 0 Å². The zero-order valence-electron chi connectivity index (χ0n) is 12.3. The summed E-state index contributed by atoms with van der Waals surface area (Å²) >= 11 is 1.54. The molecule has 0 fully saturated rings. The van der Waals surface area contributed by atoms with E-state index >= 15 is 0 Å². The van der Waals surface area contributed by atoms with Gasteiger partial charge in [0.1, 0.15) is 6.04 Å². The highest BCUT2D eigenvalue weighted by molar-refractivity contribution is 7.98. The maximum atomic E-state index is 11.4. The molecule has 0 saturated carbocycles. The van der Waals surface area contributed by atoms with Crippen LogP contribution in [0.3, 0.4) is 0 Å². The van der Waals surface area contributed by atoms with Crippen LogP contribution < -0.4 is 5.73 Å². The number of esters is 2. The van der Waals surface area contributed by atoms with Crippen LogP contribution in [0.1, 0.15) is 18.1 Å². The van der Waals surface area contributed by atoms with Crippen LogP contribution in [-0.2, 0) is 31.2 Å². The summed E-state index contributed by atoms with van der Waals surface area (Å²) < 4.78 is 9.54. The van der Waals surface area contributed by atoms with Crippen LogP contribution in [0.5, 0.6) is 0 Å². The third kappa shape index (κ3) is 6.18. The second-order valence-electron chi connectivity index (χ2n) is 4.40. The van der Waals surface area contributed by atoms with Crippen LogP contribution >= 0.6 is 11.8 Å². The first kappa shape index (κ1) is 17.5. The SMILES string of the molecule is CCOC(=O)C(N)CSCc1ccccc1CC(=O)OC. The first-order valence-electron chi connectivity index (χ1n) is 6.72. The summed E-state index contributed by atoms with van der Waals surface area (Å²) in [5.41, 5.74) is 7.72. The van der Waals surface area contributed by atoms with Crippen molar-refractivity contribution in [2.24, 2.45) is 5.73 Å². The van der Waals surface area contributed by atoms with Crippen LogP contribution in [0, 0.1) is 0 Å².